The molecule has 1 aliphatic rings. The number of hydrogen-bond donors (Lipinski definition) is 1. The minimum atomic E-state index is -0.475. The van der Waals surface area contributed by atoms with E-state index in [0.717, 1.165) is 35.6 Å². The molecule has 10 nitrogen and oxygen atoms in total. The van der Waals surface area contributed by atoms with E-state index >= 15 is 0 Å². The Balaban J connectivity index is 1.44. The van der Waals surface area contributed by atoms with Crippen molar-refractivity contribution in [1.82, 2.24) is 14.5 Å². The predicted octanol–water partition coefficient (Wildman–Crippen LogP) is 7.81. The number of carbonyl (C=O) groups is 1. The van der Waals surface area contributed by atoms with Crippen LogP contribution in [-0.4, -0.2) is 81.4 Å². The molecule has 3 aromatic carbocycles. The van der Waals surface area contributed by atoms with E-state index in [1.165, 1.54) is 14.2 Å². The van der Waals surface area contributed by atoms with Gasteiger partial charge in [-0.15, -0.1) is 0 Å². The third kappa shape index (κ3) is 8.52. The summed E-state index contributed by atoms with van der Waals surface area (Å²) in [5, 5.41) is 4.46. The summed E-state index contributed by atoms with van der Waals surface area (Å²) in [5.41, 5.74) is 4.54. The number of rotatable bonds is 13. The van der Waals surface area contributed by atoms with Crippen molar-refractivity contribution in [3.05, 3.63) is 117 Å². The first-order valence-electron chi connectivity index (χ1n) is 17.4. The Labute approximate surface area is 319 Å². The second kappa shape index (κ2) is 16.9. The number of likely N-dealkylation sites (N-methyl/N-ethyl adjacent to an activating group) is 1. The van der Waals surface area contributed by atoms with Gasteiger partial charge in [0.2, 0.25) is 0 Å². The van der Waals surface area contributed by atoms with Gasteiger partial charge in [-0.2, -0.15) is 0 Å². The fraction of sp³-hybridized carbons (Fsp3) is 0.293. The molecule has 0 bridgehead atoms. The van der Waals surface area contributed by atoms with Crippen LogP contribution in [0.1, 0.15) is 24.1 Å². The molecule has 12 heteroatoms. The quantitative estimate of drug-likeness (QED) is 0.121. The molecule has 5 aromatic rings. The highest BCUT2D eigenvalue weighted by atomic mass is 35.5. The highest BCUT2D eigenvalue weighted by molar-refractivity contribution is 6.41. The third-order valence-corrected chi connectivity index (χ3v) is 10.0. The van der Waals surface area contributed by atoms with Crippen LogP contribution in [0.2, 0.25) is 10.0 Å². The Kier molecular flexibility index (Phi) is 12.0. The van der Waals surface area contributed by atoms with Gasteiger partial charge in [-0.25, -0.2) is 4.98 Å². The summed E-state index contributed by atoms with van der Waals surface area (Å²) in [7, 11) is 6.88. The maximum atomic E-state index is 14.8. The highest BCUT2D eigenvalue weighted by Crippen LogP contribution is 2.45. The summed E-state index contributed by atoms with van der Waals surface area (Å²) in [6.07, 6.45) is 5.43. The molecule has 6 rings (SSSR count). The van der Waals surface area contributed by atoms with Crippen molar-refractivity contribution >= 4 is 57.1 Å². The lowest BCUT2D eigenvalue weighted by Gasteiger charge is -2.28. The zero-order valence-electron chi connectivity index (χ0n) is 30.5. The van der Waals surface area contributed by atoms with Crippen LogP contribution in [0.5, 0.6) is 11.5 Å². The van der Waals surface area contributed by atoms with Crippen molar-refractivity contribution in [1.29, 1.82) is 0 Å². The van der Waals surface area contributed by atoms with E-state index in [0.29, 0.717) is 53.5 Å². The van der Waals surface area contributed by atoms with Crippen LogP contribution in [-0.2, 0) is 16.0 Å². The molecular formula is C41H43Cl2N5O5. The molecule has 1 unspecified atom stereocenters. The average Bonchev–Trinajstić information content (AvgIpc) is 3.15. The molecule has 3 heterocycles. The van der Waals surface area contributed by atoms with Gasteiger partial charge in [-0.05, 0) is 68.6 Å². The SMILES string of the molecule is COc1cc(OC)c(Cl)c(-c2cc3cnc(Nc4ccc(N5CCOCC5)cc4)cc3n(C(C)c3cccc(CC(=O)/C=C/CN(C)C)c3)c2=O)c1Cl. The number of hydrogen-bond acceptors (Lipinski definition) is 9. The van der Waals surface area contributed by atoms with Crippen LogP contribution >= 0.6 is 23.2 Å². The number of anilines is 3. The van der Waals surface area contributed by atoms with Crippen molar-refractivity contribution in [2.24, 2.45) is 0 Å². The van der Waals surface area contributed by atoms with E-state index in [-0.39, 0.29) is 33.4 Å². The van der Waals surface area contributed by atoms with Gasteiger partial charge >= 0.3 is 0 Å². The first kappa shape index (κ1) is 37.9. The Morgan fingerprint density at radius 1 is 1.00 bits per heavy atom. The van der Waals surface area contributed by atoms with E-state index in [1.54, 1.807) is 29.0 Å². The summed E-state index contributed by atoms with van der Waals surface area (Å²) in [6, 6.07) is 20.7. The van der Waals surface area contributed by atoms with Crippen LogP contribution in [0.25, 0.3) is 22.0 Å². The number of morpholine rings is 1. The predicted molar refractivity (Wildman–Crippen MR) is 214 cm³/mol. The molecule has 0 aliphatic carbocycles. The number of halogens is 2. The van der Waals surface area contributed by atoms with Gasteiger partial charge in [0.1, 0.15) is 17.3 Å². The first-order chi connectivity index (χ1) is 25.6. The fourth-order valence-corrected chi connectivity index (χ4v) is 7.18. The van der Waals surface area contributed by atoms with E-state index in [1.807, 2.05) is 74.5 Å². The van der Waals surface area contributed by atoms with Gasteiger partial charge in [0.25, 0.3) is 5.56 Å². The average molecular weight is 757 g/mol. The van der Waals surface area contributed by atoms with Gasteiger partial charge in [0, 0.05) is 66.7 Å². The highest BCUT2D eigenvalue weighted by Gasteiger charge is 2.25. The summed E-state index contributed by atoms with van der Waals surface area (Å²) in [4.78, 5) is 36.7. The molecule has 1 fully saturated rings. The van der Waals surface area contributed by atoms with Gasteiger partial charge < -0.3 is 33.9 Å². The van der Waals surface area contributed by atoms with E-state index in [4.69, 9.17) is 42.4 Å². The Morgan fingerprint density at radius 2 is 1.70 bits per heavy atom. The number of ether oxygens (including phenoxy) is 3. The maximum absolute atomic E-state index is 14.8. The van der Waals surface area contributed by atoms with Crippen molar-refractivity contribution in [3.8, 4) is 22.6 Å². The summed E-state index contributed by atoms with van der Waals surface area (Å²) in [6.45, 7) is 5.75. The molecule has 0 radical (unpaired) electrons. The largest absolute Gasteiger partial charge is 0.495 e. The second-order valence-corrected chi connectivity index (χ2v) is 13.9. The smallest absolute Gasteiger partial charge is 0.259 e. The topological polar surface area (TPSA) is 98.2 Å². The minimum absolute atomic E-state index is 0.00251. The lowest BCUT2D eigenvalue weighted by molar-refractivity contribution is -0.114. The molecule has 0 saturated carbocycles. The molecule has 0 spiro atoms. The summed E-state index contributed by atoms with van der Waals surface area (Å²) >= 11 is 13.7. The van der Waals surface area contributed by atoms with Gasteiger partial charge in [-0.1, -0.05) is 53.5 Å². The van der Waals surface area contributed by atoms with Crippen LogP contribution in [0.3, 0.4) is 0 Å². The molecule has 276 valence electrons. The normalized spacial score (nSPS) is 13.8. The summed E-state index contributed by atoms with van der Waals surface area (Å²) < 4.78 is 18.3. The third-order valence-electron chi connectivity index (χ3n) is 9.25. The lowest BCUT2D eigenvalue weighted by Crippen LogP contribution is -2.36. The zero-order chi connectivity index (χ0) is 37.6. The number of nitrogens with one attached hydrogen (secondary N) is 1. The van der Waals surface area contributed by atoms with Crippen LogP contribution < -0.4 is 25.2 Å². The number of methoxy groups -OCH3 is 2. The van der Waals surface area contributed by atoms with Gasteiger partial charge in [-0.3, -0.25) is 9.59 Å². The number of ketones is 1. The lowest BCUT2D eigenvalue weighted by atomic mass is 9.99. The number of benzene rings is 3. The monoisotopic (exact) mass is 755 g/mol. The van der Waals surface area contributed by atoms with Crippen LogP contribution in [0.4, 0.5) is 17.2 Å². The van der Waals surface area contributed by atoms with Crippen LogP contribution in [0.15, 0.2) is 89.9 Å². The molecule has 2 aromatic heterocycles. The number of carbonyl (C=O) groups excluding carboxylic acids is 1. The van der Waals surface area contributed by atoms with Gasteiger partial charge in [0.05, 0.1) is 54.6 Å². The standard InChI is InChI=1S/C41H43Cl2N5O5/c1-26(28-9-6-8-27(20-28)21-32(49)10-7-15-46(2)3)48-34-23-37(45-30-11-13-31(14-12-30)47-16-18-53-19-17-47)44-25-29(34)22-33(41(48)50)38-39(42)35(51-4)24-36(52-5)40(38)43/h6-14,20,22-26H,15-19,21H2,1-5H3,(H,44,45)/b10-7+. The number of fused-ring (bicyclic) bond motifs is 1. The second-order valence-electron chi connectivity index (χ2n) is 13.1. The zero-order valence-corrected chi connectivity index (χ0v) is 32.0. The molecule has 1 N–H and O–H groups in total. The molecule has 0 amide bonds. The number of aromatic nitrogens is 2. The van der Waals surface area contributed by atoms with Crippen molar-refractivity contribution < 1.29 is 19.0 Å². The van der Waals surface area contributed by atoms with E-state index in [9.17, 15) is 9.59 Å². The molecule has 1 aliphatic heterocycles. The van der Waals surface area contributed by atoms with E-state index < -0.39 is 6.04 Å². The Bertz CT molecular complexity index is 2170. The van der Waals surface area contributed by atoms with Crippen molar-refractivity contribution in [3.63, 3.8) is 0 Å². The van der Waals surface area contributed by atoms with Crippen molar-refractivity contribution in [2.75, 3.05) is 71.4 Å². The van der Waals surface area contributed by atoms with Crippen molar-refractivity contribution in [2.45, 2.75) is 19.4 Å². The number of allylic oxidation sites excluding steroid dienone is 1. The number of pyridine rings is 2. The molecule has 53 heavy (non-hydrogen) atoms. The van der Waals surface area contributed by atoms with Gasteiger partial charge in [0.15, 0.2) is 5.78 Å². The summed E-state index contributed by atoms with van der Waals surface area (Å²) in [5.74, 6) is 1.19. The maximum Gasteiger partial charge on any atom is 0.259 e. The number of nitrogens with zero attached hydrogens (tertiary/aromatic N) is 4. The minimum Gasteiger partial charge on any atom is -0.495 e. The van der Waals surface area contributed by atoms with Crippen LogP contribution in [0, 0.1) is 0 Å². The molecular weight excluding hydrogens is 713 g/mol. The van der Waals surface area contributed by atoms with E-state index in [2.05, 4.69) is 22.3 Å². The fourth-order valence-electron chi connectivity index (χ4n) is 6.48. The Hall–Kier alpha value is -4.87. The molecule has 1 saturated heterocycles. The first-order valence-corrected chi connectivity index (χ1v) is 18.1. The Morgan fingerprint density at radius 3 is 2.36 bits per heavy atom. The molecule has 1 atom stereocenters.